The van der Waals surface area contributed by atoms with E-state index in [4.69, 9.17) is 0 Å². The van der Waals surface area contributed by atoms with Crippen molar-refractivity contribution in [3.8, 4) is 0 Å². The third kappa shape index (κ3) is 1.84. The molecule has 1 aromatic carbocycles. The molecule has 2 rings (SSSR count). The average Bonchev–Trinajstić information content (AvgIpc) is 2.56. The van der Waals surface area contributed by atoms with E-state index in [1.807, 2.05) is 24.3 Å². The van der Waals surface area contributed by atoms with E-state index in [-0.39, 0.29) is 0 Å². The van der Waals surface area contributed by atoms with Gasteiger partial charge in [-0.05, 0) is 30.7 Å². The fraction of sp³-hybridized carbons (Fsp3) is 0.250. The lowest BCUT2D eigenvalue weighted by molar-refractivity contribution is 0.111. The molecule has 0 amide bonds. The second kappa shape index (κ2) is 4.19. The predicted octanol–water partition coefficient (Wildman–Crippen LogP) is 3.63. The molecule has 0 aliphatic heterocycles. The smallest absolute Gasteiger partial charge is 0.166 e. The molecular weight excluding hydrogens is 254 g/mol. The normalized spacial score (nSPS) is 10.8. The van der Waals surface area contributed by atoms with Crippen molar-refractivity contribution in [2.24, 2.45) is 0 Å². The quantitative estimate of drug-likeness (QED) is 0.777. The van der Waals surface area contributed by atoms with Crippen molar-refractivity contribution in [2.75, 3.05) is 0 Å². The first-order valence-electron chi connectivity index (χ1n) is 5.00. The molecule has 1 aromatic heterocycles. The molecule has 0 spiro atoms. The highest BCUT2D eigenvalue weighted by Gasteiger charge is 2.07. The fourth-order valence-electron chi connectivity index (χ4n) is 1.83. The minimum absolute atomic E-state index is 0.755. The number of aryl methyl sites for hydroxylation is 1. The number of carbonyl (C=O) groups excluding carboxylic acids is 1. The Kier molecular flexibility index (Phi) is 2.91. The summed E-state index contributed by atoms with van der Waals surface area (Å²) < 4.78 is 3.11. The molecule has 2 nitrogen and oxygen atoms in total. The summed E-state index contributed by atoms with van der Waals surface area (Å²) in [5.74, 6) is 0. The van der Waals surface area contributed by atoms with E-state index in [1.165, 1.54) is 0 Å². The number of hydrogen-bond donors (Lipinski definition) is 0. The molecule has 0 atom stereocenters. The van der Waals surface area contributed by atoms with E-state index >= 15 is 0 Å². The van der Waals surface area contributed by atoms with Gasteiger partial charge in [0, 0.05) is 21.9 Å². The Bertz CT molecular complexity index is 502. The zero-order chi connectivity index (χ0) is 10.8. The first kappa shape index (κ1) is 10.4. The summed E-state index contributed by atoms with van der Waals surface area (Å²) in [5.41, 5.74) is 1.88. The molecule has 3 heteroatoms. The van der Waals surface area contributed by atoms with Gasteiger partial charge >= 0.3 is 0 Å². The summed E-state index contributed by atoms with van der Waals surface area (Å²) in [7, 11) is 0. The third-order valence-corrected chi connectivity index (χ3v) is 2.96. The Morgan fingerprint density at radius 2 is 2.20 bits per heavy atom. The lowest BCUT2D eigenvalue weighted by Gasteiger charge is -2.04. The predicted molar refractivity (Wildman–Crippen MR) is 65.3 cm³/mol. The van der Waals surface area contributed by atoms with E-state index in [2.05, 4.69) is 27.4 Å². The number of fused-ring (bicyclic) bond motifs is 1. The van der Waals surface area contributed by atoms with Gasteiger partial charge in [-0.1, -0.05) is 22.9 Å². The Morgan fingerprint density at radius 3 is 2.87 bits per heavy atom. The molecule has 2 aromatic rings. The Morgan fingerprint density at radius 1 is 1.40 bits per heavy atom. The monoisotopic (exact) mass is 265 g/mol. The number of hydrogen-bond acceptors (Lipinski definition) is 1. The fourth-order valence-corrected chi connectivity index (χ4v) is 2.21. The van der Waals surface area contributed by atoms with Gasteiger partial charge in [-0.3, -0.25) is 4.79 Å². The van der Waals surface area contributed by atoms with Gasteiger partial charge in [0.05, 0.1) is 5.69 Å². The minimum Gasteiger partial charge on any atom is -0.338 e. The lowest BCUT2D eigenvalue weighted by atomic mass is 10.2. The summed E-state index contributed by atoms with van der Waals surface area (Å²) in [6.07, 6.45) is 1.95. The summed E-state index contributed by atoms with van der Waals surface area (Å²) in [5, 5.41) is 1.11. The average molecular weight is 266 g/mol. The molecule has 0 aliphatic carbocycles. The molecule has 1 heterocycles. The molecule has 0 bridgehead atoms. The number of aromatic nitrogens is 1. The number of nitrogens with zero attached hydrogens (tertiary/aromatic N) is 1. The maximum absolute atomic E-state index is 10.9. The van der Waals surface area contributed by atoms with Crippen LogP contribution in [-0.2, 0) is 6.54 Å². The van der Waals surface area contributed by atoms with Crippen molar-refractivity contribution in [3.05, 3.63) is 34.4 Å². The lowest BCUT2D eigenvalue weighted by Crippen LogP contribution is -2.00. The van der Waals surface area contributed by atoms with E-state index < -0.39 is 0 Å². The van der Waals surface area contributed by atoms with E-state index in [0.717, 1.165) is 40.3 Å². The molecule has 0 saturated carbocycles. The highest BCUT2D eigenvalue weighted by Crippen LogP contribution is 2.23. The topological polar surface area (TPSA) is 22.0 Å². The first-order valence-corrected chi connectivity index (χ1v) is 5.79. The summed E-state index contributed by atoms with van der Waals surface area (Å²) in [6.45, 7) is 3.00. The van der Waals surface area contributed by atoms with Gasteiger partial charge in [-0.25, -0.2) is 0 Å². The van der Waals surface area contributed by atoms with Crippen LogP contribution < -0.4 is 0 Å². The van der Waals surface area contributed by atoms with Crippen LogP contribution in [0.5, 0.6) is 0 Å². The second-order valence-corrected chi connectivity index (χ2v) is 4.46. The van der Waals surface area contributed by atoms with Crippen LogP contribution in [-0.4, -0.2) is 10.9 Å². The van der Waals surface area contributed by atoms with Crippen LogP contribution in [0.1, 0.15) is 23.8 Å². The minimum atomic E-state index is 0.755. The number of halogens is 1. The number of carbonyl (C=O) groups is 1. The van der Waals surface area contributed by atoms with Gasteiger partial charge in [-0.2, -0.15) is 0 Å². The van der Waals surface area contributed by atoms with Crippen molar-refractivity contribution >= 4 is 33.1 Å². The molecule has 15 heavy (non-hydrogen) atoms. The molecule has 0 fully saturated rings. The number of rotatable bonds is 3. The van der Waals surface area contributed by atoms with Gasteiger partial charge in [0.25, 0.3) is 0 Å². The van der Waals surface area contributed by atoms with Crippen molar-refractivity contribution in [3.63, 3.8) is 0 Å². The number of aldehydes is 1. The van der Waals surface area contributed by atoms with Crippen LogP contribution >= 0.6 is 15.9 Å². The van der Waals surface area contributed by atoms with E-state index in [9.17, 15) is 4.79 Å². The molecule has 0 saturated heterocycles. The van der Waals surface area contributed by atoms with E-state index in [0.29, 0.717) is 0 Å². The maximum atomic E-state index is 10.9. The highest BCUT2D eigenvalue weighted by molar-refractivity contribution is 9.10. The van der Waals surface area contributed by atoms with Crippen LogP contribution in [0.3, 0.4) is 0 Å². The van der Waals surface area contributed by atoms with E-state index in [1.54, 1.807) is 0 Å². The van der Waals surface area contributed by atoms with Gasteiger partial charge in [0.15, 0.2) is 6.29 Å². The third-order valence-electron chi connectivity index (χ3n) is 2.46. The van der Waals surface area contributed by atoms with Crippen LogP contribution in [0.2, 0.25) is 0 Å². The Balaban J connectivity index is 2.68. The molecule has 0 radical (unpaired) electrons. The van der Waals surface area contributed by atoms with Gasteiger partial charge in [0.2, 0.25) is 0 Å². The molecule has 78 valence electrons. The van der Waals surface area contributed by atoms with Crippen LogP contribution in [0, 0.1) is 0 Å². The van der Waals surface area contributed by atoms with Crippen molar-refractivity contribution < 1.29 is 4.79 Å². The summed E-state index contributed by atoms with van der Waals surface area (Å²) in [6, 6.07) is 8.02. The number of benzene rings is 1. The van der Waals surface area contributed by atoms with Crippen LogP contribution in [0.4, 0.5) is 0 Å². The second-order valence-electron chi connectivity index (χ2n) is 3.54. The first-order chi connectivity index (χ1) is 7.26. The zero-order valence-corrected chi connectivity index (χ0v) is 10.1. The zero-order valence-electron chi connectivity index (χ0n) is 8.53. The summed E-state index contributed by atoms with van der Waals surface area (Å²) >= 11 is 3.43. The highest BCUT2D eigenvalue weighted by atomic mass is 79.9. The van der Waals surface area contributed by atoms with Crippen molar-refractivity contribution in [1.29, 1.82) is 0 Å². The van der Waals surface area contributed by atoms with Gasteiger partial charge < -0.3 is 4.57 Å². The summed E-state index contributed by atoms with van der Waals surface area (Å²) in [4.78, 5) is 10.9. The van der Waals surface area contributed by atoms with Crippen molar-refractivity contribution in [2.45, 2.75) is 19.9 Å². The standard InChI is InChI=1S/C12H12BrNO/c1-2-5-14-11(8-15)7-9-6-10(13)3-4-12(9)14/h3-4,6-8H,2,5H2,1H3. The van der Waals surface area contributed by atoms with Crippen LogP contribution in [0.25, 0.3) is 10.9 Å². The Labute approximate surface area is 97.0 Å². The van der Waals surface area contributed by atoms with Gasteiger partial charge in [-0.15, -0.1) is 0 Å². The SMILES string of the molecule is CCCn1c(C=O)cc2cc(Br)ccc21. The van der Waals surface area contributed by atoms with Gasteiger partial charge in [0.1, 0.15) is 0 Å². The van der Waals surface area contributed by atoms with Crippen LogP contribution in [0.15, 0.2) is 28.7 Å². The maximum Gasteiger partial charge on any atom is 0.166 e. The van der Waals surface area contributed by atoms with Crippen molar-refractivity contribution in [1.82, 2.24) is 4.57 Å². The molecule has 0 aliphatic rings. The molecular formula is C12H12BrNO. The molecule has 0 unspecified atom stereocenters. The largest absolute Gasteiger partial charge is 0.338 e. The molecule has 0 N–H and O–H groups in total. The Hall–Kier alpha value is -1.09.